The Hall–Kier alpha value is -2.37. The van der Waals surface area contributed by atoms with E-state index in [9.17, 15) is 9.59 Å². The van der Waals surface area contributed by atoms with Crippen molar-refractivity contribution in [3.8, 4) is 0 Å². The summed E-state index contributed by atoms with van der Waals surface area (Å²) in [4.78, 5) is 29.9. The summed E-state index contributed by atoms with van der Waals surface area (Å²) in [7, 11) is 0. The summed E-state index contributed by atoms with van der Waals surface area (Å²) < 4.78 is 0. The molecule has 0 bridgehead atoms. The first kappa shape index (κ1) is 14.0. The van der Waals surface area contributed by atoms with Gasteiger partial charge in [-0.15, -0.1) is 0 Å². The average Bonchev–Trinajstić information content (AvgIpc) is 2.46. The van der Waals surface area contributed by atoms with Gasteiger partial charge in [-0.3, -0.25) is 4.79 Å². The van der Waals surface area contributed by atoms with Crippen molar-refractivity contribution < 1.29 is 14.7 Å². The first-order valence-corrected chi connectivity index (χ1v) is 6.44. The normalized spacial score (nSPS) is 15.7. The molecule has 0 spiro atoms. The average molecular weight is 275 g/mol. The van der Waals surface area contributed by atoms with Crippen molar-refractivity contribution in [2.75, 3.05) is 31.1 Å². The second kappa shape index (κ2) is 6.18. The Balaban J connectivity index is 1.97. The third kappa shape index (κ3) is 3.57. The highest BCUT2D eigenvalue weighted by molar-refractivity contribution is 5.85. The fourth-order valence-electron chi connectivity index (χ4n) is 2.10. The molecule has 1 aliphatic heterocycles. The van der Waals surface area contributed by atoms with Crippen LogP contribution in [0.1, 0.15) is 12.5 Å². The number of piperazine rings is 1. The van der Waals surface area contributed by atoms with Gasteiger partial charge in [0.1, 0.15) is 5.82 Å². The van der Waals surface area contributed by atoms with Gasteiger partial charge in [-0.25, -0.2) is 9.78 Å². The van der Waals surface area contributed by atoms with Crippen LogP contribution in [-0.4, -0.2) is 53.0 Å². The van der Waals surface area contributed by atoms with Crippen LogP contribution in [-0.2, 0) is 9.59 Å². The maximum absolute atomic E-state index is 11.2. The predicted octanol–water partition coefficient (Wildman–Crippen LogP) is 0.848. The Morgan fingerprint density at radius 3 is 2.45 bits per heavy atom. The van der Waals surface area contributed by atoms with Crippen LogP contribution in [0, 0.1) is 0 Å². The molecule has 2 rings (SSSR count). The van der Waals surface area contributed by atoms with Crippen LogP contribution in [0.3, 0.4) is 0 Å². The summed E-state index contributed by atoms with van der Waals surface area (Å²) in [5.41, 5.74) is 0.749. The van der Waals surface area contributed by atoms with Gasteiger partial charge < -0.3 is 14.9 Å². The van der Waals surface area contributed by atoms with Gasteiger partial charge in [0.15, 0.2) is 0 Å². The second-order valence-corrected chi connectivity index (χ2v) is 4.61. The SMILES string of the molecule is CC(=O)N1CCN(c2ccc(/C=C/C(=O)O)cn2)CC1. The summed E-state index contributed by atoms with van der Waals surface area (Å²) in [6, 6.07) is 3.70. The summed E-state index contributed by atoms with van der Waals surface area (Å²) in [5.74, 6) is -0.0260. The van der Waals surface area contributed by atoms with Crippen molar-refractivity contribution in [1.82, 2.24) is 9.88 Å². The van der Waals surface area contributed by atoms with Crippen LogP contribution < -0.4 is 4.90 Å². The number of carbonyl (C=O) groups is 2. The molecule has 0 unspecified atom stereocenters. The predicted molar refractivity (Wildman–Crippen MR) is 75.4 cm³/mol. The molecular formula is C14H17N3O3. The molecule has 6 heteroatoms. The zero-order chi connectivity index (χ0) is 14.5. The number of rotatable bonds is 3. The van der Waals surface area contributed by atoms with Gasteiger partial charge >= 0.3 is 5.97 Å². The molecule has 106 valence electrons. The third-order valence-electron chi connectivity index (χ3n) is 3.24. The van der Waals surface area contributed by atoms with Crippen molar-refractivity contribution >= 4 is 23.8 Å². The van der Waals surface area contributed by atoms with E-state index < -0.39 is 5.97 Å². The number of nitrogens with zero attached hydrogens (tertiary/aromatic N) is 3. The number of anilines is 1. The highest BCUT2D eigenvalue weighted by Crippen LogP contribution is 2.14. The molecule has 1 aromatic rings. The molecule has 1 aliphatic rings. The van der Waals surface area contributed by atoms with Crippen molar-refractivity contribution in [1.29, 1.82) is 0 Å². The lowest BCUT2D eigenvalue weighted by Gasteiger charge is -2.34. The van der Waals surface area contributed by atoms with E-state index in [-0.39, 0.29) is 5.91 Å². The zero-order valence-corrected chi connectivity index (χ0v) is 11.3. The lowest BCUT2D eigenvalue weighted by molar-refractivity contribution is -0.131. The van der Waals surface area contributed by atoms with E-state index in [0.717, 1.165) is 30.5 Å². The maximum Gasteiger partial charge on any atom is 0.328 e. The zero-order valence-electron chi connectivity index (χ0n) is 11.3. The van der Waals surface area contributed by atoms with Gasteiger partial charge in [0.25, 0.3) is 0 Å². The van der Waals surface area contributed by atoms with Crippen LogP contribution in [0.25, 0.3) is 6.08 Å². The summed E-state index contributed by atoms with van der Waals surface area (Å²) >= 11 is 0. The largest absolute Gasteiger partial charge is 0.478 e. The lowest BCUT2D eigenvalue weighted by Crippen LogP contribution is -2.48. The highest BCUT2D eigenvalue weighted by atomic mass is 16.4. The minimum atomic E-state index is -0.977. The molecule has 1 aromatic heterocycles. The Morgan fingerprint density at radius 2 is 1.95 bits per heavy atom. The van der Waals surface area contributed by atoms with Gasteiger partial charge in [0.05, 0.1) is 0 Å². The molecule has 1 N–H and O–H groups in total. The first-order chi connectivity index (χ1) is 9.56. The summed E-state index contributed by atoms with van der Waals surface area (Å²) in [5, 5.41) is 8.56. The van der Waals surface area contributed by atoms with E-state index in [1.54, 1.807) is 13.1 Å². The van der Waals surface area contributed by atoms with Crippen molar-refractivity contribution in [2.45, 2.75) is 6.92 Å². The molecule has 0 saturated carbocycles. The van der Waals surface area contributed by atoms with Gasteiger partial charge in [-0.05, 0) is 23.8 Å². The number of amides is 1. The molecule has 0 atom stereocenters. The lowest BCUT2D eigenvalue weighted by atomic mass is 10.2. The van der Waals surface area contributed by atoms with E-state index in [4.69, 9.17) is 5.11 Å². The smallest absolute Gasteiger partial charge is 0.328 e. The summed E-state index contributed by atoms with van der Waals surface area (Å²) in [6.45, 7) is 4.51. The molecular weight excluding hydrogens is 258 g/mol. The number of pyridine rings is 1. The molecule has 1 saturated heterocycles. The minimum absolute atomic E-state index is 0.103. The van der Waals surface area contributed by atoms with E-state index in [1.807, 2.05) is 17.0 Å². The fourth-order valence-corrected chi connectivity index (χ4v) is 2.10. The second-order valence-electron chi connectivity index (χ2n) is 4.61. The highest BCUT2D eigenvalue weighted by Gasteiger charge is 2.19. The number of carboxylic acid groups (broad SMARTS) is 1. The van der Waals surface area contributed by atoms with E-state index in [1.165, 1.54) is 6.08 Å². The third-order valence-corrected chi connectivity index (χ3v) is 3.24. The molecule has 2 heterocycles. The van der Waals surface area contributed by atoms with Crippen LogP contribution in [0.4, 0.5) is 5.82 Å². The number of hydrogen-bond acceptors (Lipinski definition) is 4. The van der Waals surface area contributed by atoms with Crippen LogP contribution in [0.15, 0.2) is 24.4 Å². The molecule has 6 nitrogen and oxygen atoms in total. The number of aromatic nitrogens is 1. The Kier molecular flexibility index (Phi) is 4.34. The molecule has 20 heavy (non-hydrogen) atoms. The van der Waals surface area contributed by atoms with Gasteiger partial charge in [-0.1, -0.05) is 0 Å². The van der Waals surface area contributed by atoms with Crippen molar-refractivity contribution in [3.63, 3.8) is 0 Å². The van der Waals surface area contributed by atoms with Crippen LogP contribution >= 0.6 is 0 Å². The Labute approximate surface area is 117 Å². The fraction of sp³-hybridized carbons (Fsp3) is 0.357. The molecule has 1 amide bonds. The monoisotopic (exact) mass is 275 g/mol. The quantitative estimate of drug-likeness (QED) is 0.828. The van der Waals surface area contributed by atoms with Gasteiger partial charge in [-0.2, -0.15) is 0 Å². The van der Waals surface area contributed by atoms with Gasteiger partial charge in [0, 0.05) is 45.4 Å². The van der Waals surface area contributed by atoms with E-state index >= 15 is 0 Å². The molecule has 0 aliphatic carbocycles. The van der Waals surface area contributed by atoms with E-state index in [0.29, 0.717) is 13.1 Å². The topological polar surface area (TPSA) is 73.7 Å². The van der Waals surface area contributed by atoms with E-state index in [2.05, 4.69) is 9.88 Å². The Bertz CT molecular complexity index is 517. The molecule has 0 aromatic carbocycles. The maximum atomic E-state index is 11.2. The van der Waals surface area contributed by atoms with Crippen molar-refractivity contribution in [2.24, 2.45) is 0 Å². The standard InChI is InChI=1S/C14H17N3O3/c1-11(18)16-6-8-17(9-7-16)13-4-2-12(10-15-13)3-5-14(19)20/h2-5,10H,6-9H2,1H3,(H,19,20)/b5-3+. The summed E-state index contributed by atoms with van der Waals surface area (Å²) in [6.07, 6.45) is 4.24. The van der Waals surface area contributed by atoms with Crippen LogP contribution in [0.5, 0.6) is 0 Å². The number of carbonyl (C=O) groups excluding carboxylic acids is 1. The minimum Gasteiger partial charge on any atom is -0.478 e. The number of aliphatic carboxylic acids is 1. The number of hydrogen-bond donors (Lipinski definition) is 1. The van der Waals surface area contributed by atoms with Crippen LogP contribution in [0.2, 0.25) is 0 Å². The van der Waals surface area contributed by atoms with Gasteiger partial charge in [0.2, 0.25) is 5.91 Å². The molecule has 1 fully saturated rings. The number of carboxylic acids is 1. The first-order valence-electron chi connectivity index (χ1n) is 6.44. The van der Waals surface area contributed by atoms with Crippen molar-refractivity contribution in [3.05, 3.63) is 30.0 Å². The Morgan fingerprint density at radius 1 is 1.25 bits per heavy atom. The molecule has 0 radical (unpaired) electrons.